The van der Waals surface area contributed by atoms with Gasteiger partial charge in [-0.05, 0) is 49.9 Å². The smallest absolute Gasteiger partial charge is 0.326 e. The van der Waals surface area contributed by atoms with Crippen LogP contribution >= 0.6 is 0 Å². The first-order valence-corrected chi connectivity index (χ1v) is 14.6. The summed E-state index contributed by atoms with van der Waals surface area (Å²) < 4.78 is 24.8. The Kier molecular flexibility index (Phi) is 11.7. The zero-order chi connectivity index (χ0) is 29.2. The van der Waals surface area contributed by atoms with E-state index >= 15 is 0 Å². The van der Waals surface area contributed by atoms with Gasteiger partial charge in [-0.15, -0.1) is 0 Å². The lowest BCUT2D eigenvalue weighted by Crippen LogP contribution is -2.50. The molecule has 0 bridgehead atoms. The highest BCUT2D eigenvalue weighted by Gasteiger charge is 2.45. The summed E-state index contributed by atoms with van der Waals surface area (Å²) in [6, 6.07) is 4.65. The second kappa shape index (κ2) is 14.2. The Labute approximate surface area is 227 Å². The number of nitrogens with one attached hydrogen (secondary N) is 2. The van der Waals surface area contributed by atoms with Gasteiger partial charge in [0.2, 0.25) is 21.8 Å². The number of nitrogens with zero attached hydrogens (tertiary/aromatic N) is 1. The molecule has 2 rings (SSSR count). The molecular weight excluding hydrogens is 532 g/mol. The van der Waals surface area contributed by atoms with Crippen molar-refractivity contribution >= 4 is 33.8 Å². The van der Waals surface area contributed by atoms with Gasteiger partial charge in [0, 0.05) is 19.5 Å². The maximum absolute atomic E-state index is 13.4. The van der Waals surface area contributed by atoms with Crippen LogP contribution in [0.25, 0.3) is 0 Å². The summed E-state index contributed by atoms with van der Waals surface area (Å²) in [5.41, 5.74) is 4.88. The molecule has 1 aromatic carbocycles. The summed E-state index contributed by atoms with van der Waals surface area (Å²) in [5.74, 6) is -4.88. The van der Waals surface area contributed by atoms with Crippen LogP contribution in [0, 0.1) is 11.3 Å². The number of hydrogen-bond donors (Lipinski definition) is 6. The van der Waals surface area contributed by atoms with Crippen molar-refractivity contribution in [3.05, 3.63) is 29.8 Å². The number of hydrogen-bond acceptors (Lipinski definition) is 8. The van der Waals surface area contributed by atoms with Gasteiger partial charge in [0.15, 0.2) is 0 Å². The Hall–Kier alpha value is -3.23. The van der Waals surface area contributed by atoms with E-state index in [4.69, 9.17) is 5.73 Å². The van der Waals surface area contributed by atoms with Gasteiger partial charge >= 0.3 is 11.9 Å². The van der Waals surface area contributed by atoms with Crippen LogP contribution in [0.3, 0.4) is 0 Å². The molecule has 2 atom stereocenters. The quantitative estimate of drug-likeness (QED) is 0.155. The molecule has 0 unspecified atom stereocenters. The van der Waals surface area contributed by atoms with Crippen LogP contribution in [0.1, 0.15) is 44.1 Å². The molecule has 0 aliphatic heterocycles. The van der Waals surface area contributed by atoms with Crippen LogP contribution in [0.2, 0.25) is 0 Å². The molecule has 0 radical (unpaired) electrons. The molecule has 0 heterocycles. The van der Waals surface area contributed by atoms with E-state index in [1.165, 1.54) is 12.1 Å². The van der Waals surface area contributed by atoms with Crippen molar-refractivity contribution in [2.45, 2.75) is 51.0 Å². The van der Waals surface area contributed by atoms with Crippen molar-refractivity contribution in [2.75, 3.05) is 32.4 Å². The highest BCUT2D eigenvalue weighted by molar-refractivity contribution is 7.88. The number of aromatic hydroxyl groups is 1. The number of benzene rings is 1. The van der Waals surface area contributed by atoms with E-state index in [1.807, 2.05) is 0 Å². The number of carbonyl (C=O) groups is 4. The molecule has 0 spiro atoms. The van der Waals surface area contributed by atoms with Gasteiger partial charge < -0.3 is 31.7 Å². The molecule has 7 N–H and O–H groups in total. The molecule has 1 aliphatic rings. The van der Waals surface area contributed by atoms with E-state index in [2.05, 4.69) is 10.6 Å². The third kappa shape index (κ3) is 9.79. The number of carbonyl (C=O) groups excluding carboxylic acids is 2. The summed E-state index contributed by atoms with van der Waals surface area (Å²) >= 11 is 0. The Morgan fingerprint density at radius 1 is 1.08 bits per heavy atom. The zero-order valence-electron chi connectivity index (χ0n) is 22.0. The molecule has 13 nitrogen and oxygen atoms in total. The third-order valence-corrected chi connectivity index (χ3v) is 8.20. The molecule has 39 heavy (non-hydrogen) atoms. The van der Waals surface area contributed by atoms with Crippen molar-refractivity contribution in [3.8, 4) is 5.75 Å². The molecular formula is C25H38N4O9S. The molecule has 1 aromatic rings. The first-order valence-electron chi connectivity index (χ1n) is 12.7. The molecule has 1 aliphatic carbocycles. The largest absolute Gasteiger partial charge is 0.508 e. The first kappa shape index (κ1) is 32.0. The van der Waals surface area contributed by atoms with E-state index in [1.54, 1.807) is 12.1 Å². The lowest BCUT2D eigenvalue weighted by molar-refractivity contribution is -0.147. The number of sulfonamides is 1. The second-order valence-electron chi connectivity index (χ2n) is 10.0. The highest BCUT2D eigenvalue weighted by Crippen LogP contribution is 2.43. The summed E-state index contributed by atoms with van der Waals surface area (Å²) in [6.07, 6.45) is 3.20. The minimum atomic E-state index is -3.68. The average molecular weight is 571 g/mol. The zero-order valence-corrected chi connectivity index (χ0v) is 22.8. The normalized spacial score (nSPS) is 16.4. The highest BCUT2D eigenvalue weighted by atomic mass is 32.2. The predicted molar refractivity (Wildman–Crippen MR) is 141 cm³/mol. The van der Waals surface area contributed by atoms with Crippen molar-refractivity contribution in [1.82, 2.24) is 14.9 Å². The Bertz CT molecular complexity index is 1120. The summed E-state index contributed by atoms with van der Waals surface area (Å²) in [7, 11) is -3.68. The minimum absolute atomic E-state index is 0.0194. The van der Waals surface area contributed by atoms with E-state index in [-0.39, 0.29) is 38.2 Å². The topological polar surface area (TPSA) is 216 Å². The molecule has 2 amide bonds. The van der Waals surface area contributed by atoms with Gasteiger partial charge in [-0.2, -0.15) is 4.31 Å². The van der Waals surface area contributed by atoms with E-state index < -0.39 is 57.7 Å². The average Bonchev–Trinajstić information content (AvgIpc) is 3.34. The van der Waals surface area contributed by atoms with Crippen LogP contribution < -0.4 is 16.4 Å². The van der Waals surface area contributed by atoms with E-state index in [0.29, 0.717) is 37.7 Å². The fourth-order valence-electron chi connectivity index (χ4n) is 4.76. The number of nitrogens with two attached hydrogens (primary N) is 1. The van der Waals surface area contributed by atoms with Crippen molar-refractivity contribution in [2.24, 2.45) is 17.1 Å². The number of carboxylic acids is 2. The molecule has 1 saturated carbocycles. The molecule has 0 aromatic heterocycles. The van der Waals surface area contributed by atoms with Gasteiger partial charge in [0.1, 0.15) is 11.8 Å². The Morgan fingerprint density at radius 2 is 1.69 bits per heavy atom. The van der Waals surface area contributed by atoms with E-state index in [9.17, 15) is 42.9 Å². The predicted octanol–water partition coefficient (Wildman–Crippen LogP) is -0.118. The summed E-state index contributed by atoms with van der Waals surface area (Å²) in [6.45, 7) is -0.540. The number of aliphatic carboxylic acids is 2. The van der Waals surface area contributed by atoms with Crippen molar-refractivity contribution in [3.63, 3.8) is 0 Å². The van der Waals surface area contributed by atoms with Gasteiger partial charge in [-0.1, -0.05) is 25.0 Å². The number of amides is 2. The second-order valence-corrected chi connectivity index (χ2v) is 12.0. The maximum Gasteiger partial charge on any atom is 0.326 e. The van der Waals surface area contributed by atoms with Crippen LogP contribution in [0.5, 0.6) is 5.75 Å². The Morgan fingerprint density at radius 3 is 2.21 bits per heavy atom. The summed E-state index contributed by atoms with van der Waals surface area (Å²) in [4.78, 5) is 49.8. The van der Waals surface area contributed by atoms with Gasteiger partial charge in [0.05, 0.1) is 24.1 Å². The van der Waals surface area contributed by atoms with Gasteiger partial charge in [-0.25, -0.2) is 13.2 Å². The third-order valence-electron chi connectivity index (χ3n) is 6.95. The van der Waals surface area contributed by atoms with Crippen LogP contribution in [0.4, 0.5) is 0 Å². The number of carboxylic acid groups (broad SMARTS) is 2. The lowest BCUT2D eigenvalue weighted by atomic mass is 9.76. The molecule has 14 heteroatoms. The lowest BCUT2D eigenvalue weighted by Gasteiger charge is -2.32. The Balaban J connectivity index is 2.10. The van der Waals surface area contributed by atoms with Crippen LogP contribution in [-0.2, 0) is 35.6 Å². The van der Waals surface area contributed by atoms with Crippen molar-refractivity contribution in [1.29, 1.82) is 0 Å². The summed E-state index contributed by atoms with van der Waals surface area (Å²) in [5, 5.41) is 34.0. The maximum atomic E-state index is 13.4. The molecule has 1 fully saturated rings. The standard InChI is InChI=1S/C25H38N4O9S/c1-39(37,38)29(12-4-11-26)16-21(31)27-15-18(22(32)33)14-25(9-2-3-10-25)24(36)28-20(23(34)35)13-17-5-7-19(30)8-6-17/h5-8,18,20,30H,2-4,9-16,26H2,1H3,(H,27,31)(H,28,36)(H,32,33)(H,34,35)/t18-,20-/m0/s1. The van der Waals surface area contributed by atoms with Crippen LogP contribution in [-0.4, -0.2) is 90.3 Å². The van der Waals surface area contributed by atoms with Crippen molar-refractivity contribution < 1.29 is 42.9 Å². The van der Waals surface area contributed by atoms with Gasteiger partial charge in [-0.3, -0.25) is 14.4 Å². The number of rotatable bonds is 16. The molecule has 0 saturated heterocycles. The first-order chi connectivity index (χ1) is 18.3. The van der Waals surface area contributed by atoms with Crippen LogP contribution in [0.15, 0.2) is 24.3 Å². The number of phenolic OH excluding ortho intramolecular Hbond substituents is 1. The minimum Gasteiger partial charge on any atom is -0.508 e. The van der Waals surface area contributed by atoms with E-state index in [0.717, 1.165) is 10.6 Å². The number of phenols is 1. The fraction of sp³-hybridized carbons (Fsp3) is 0.600. The fourth-order valence-corrected chi connectivity index (χ4v) is 5.57. The molecule has 218 valence electrons. The monoisotopic (exact) mass is 570 g/mol. The SMILES string of the molecule is CS(=O)(=O)N(CCCN)CC(=O)NC[C@H](CC1(C(=O)N[C@@H](Cc2ccc(O)cc2)C(=O)O)CCCC1)C(=O)O. The van der Waals surface area contributed by atoms with Gasteiger partial charge in [0.25, 0.3) is 0 Å².